The molecule has 2 aromatic carbocycles. The molecule has 0 aliphatic heterocycles. The average molecular weight is 274 g/mol. The highest BCUT2D eigenvalue weighted by molar-refractivity contribution is 5.83. The minimum absolute atomic E-state index is 0.505. The second-order valence-corrected chi connectivity index (χ2v) is 5.90. The van der Waals surface area contributed by atoms with Crippen LogP contribution >= 0.6 is 0 Å². The number of benzene rings is 2. The van der Waals surface area contributed by atoms with E-state index in [1.54, 1.807) is 0 Å². The molecule has 1 aliphatic carbocycles. The summed E-state index contributed by atoms with van der Waals surface area (Å²) >= 11 is 0. The lowest BCUT2D eigenvalue weighted by Crippen LogP contribution is -2.07. The minimum Gasteiger partial charge on any atom is -0.333 e. The molecule has 1 aliphatic rings. The Hall–Kier alpha value is -2.35. The summed E-state index contributed by atoms with van der Waals surface area (Å²) in [6, 6.07) is 17.4. The van der Waals surface area contributed by atoms with Crippen LogP contribution in [0.5, 0.6) is 0 Å². The number of rotatable bonds is 0. The molecule has 0 saturated heterocycles. The summed E-state index contributed by atoms with van der Waals surface area (Å²) in [4.78, 5) is 4.69. The Morgan fingerprint density at radius 2 is 1.71 bits per heavy atom. The van der Waals surface area contributed by atoms with Crippen molar-refractivity contribution in [1.29, 1.82) is 0 Å². The number of hydrogen-bond acceptors (Lipinski definition) is 1. The topological polar surface area (TPSA) is 17.8 Å². The van der Waals surface area contributed by atoms with Crippen molar-refractivity contribution in [2.75, 3.05) is 0 Å². The summed E-state index contributed by atoms with van der Waals surface area (Å²) in [7, 11) is 2.08. The molecule has 2 nitrogen and oxygen atoms in total. The number of aryl methyl sites for hydroxylation is 1. The molecular formula is C19H18N2. The van der Waals surface area contributed by atoms with Gasteiger partial charge in [-0.1, -0.05) is 55.5 Å². The van der Waals surface area contributed by atoms with Crippen LogP contribution in [-0.2, 0) is 13.5 Å². The van der Waals surface area contributed by atoms with Gasteiger partial charge in [0.15, 0.2) is 0 Å². The largest absolute Gasteiger partial charge is 0.333 e. The fourth-order valence-electron chi connectivity index (χ4n) is 3.46. The van der Waals surface area contributed by atoms with Crippen LogP contribution in [0.25, 0.3) is 22.5 Å². The highest BCUT2D eigenvalue weighted by Gasteiger charge is 2.23. The third-order valence-corrected chi connectivity index (χ3v) is 4.48. The predicted octanol–water partition coefficient (Wildman–Crippen LogP) is 4.41. The molecule has 0 fully saturated rings. The summed E-state index contributed by atoms with van der Waals surface area (Å²) in [6.45, 7) is 2.32. The van der Waals surface area contributed by atoms with Crippen molar-refractivity contribution in [3.05, 3.63) is 66.0 Å². The third kappa shape index (κ3) is 1.83. The normalized spacial score (nSPS) is 16.4. The highest BCUT2D eigenvalue weighted by Crippen LogP contribution is 2.40. The highest BCUT2D eigenvalue weighted by atomic mass is 15.0. The van der Waals surface area contributed by atoms with Gasteiger partial charge in [-0.3, -0.25) is 0 Å². The summed E-state index contributed by atoms with van der Waals surface area (Å²) in [5, 5.41) is 0. The van der Waals surface area contributed by atoms with E-state index in [9.17, 15) is 0 Å². The first-order chi connectivity index (χ1) is 10.3. The average Bonchev–Trinajstić information content (AvgIpc) is 2.87. The Morgan fingerprint density at radius 1 is 1.00 bits per heavy atom. The van der Waals surface area contributed by atoms with E-state index in [4.69, 9.17) is 0 Å². The molecule has 4 rings (SSSR count). The van der Waals surface area contributed by atoms with Gasteiger partial charge >= 0.3 is 0 Å². The SMILES string of the molecule is CC1Cc2ccccc2-c2ncn(C)c2-c2ccccc21. The van der Waals surface area contributed by atoms with E-state index in [1.807, 2.05) is 6.33 Å². The first-order valence-corrected chi connectivity index (χ1v) is 7.44. The van der Waals surface area contributed by atoms with Crippen LogP contribution in [0.15, 0.2) is 54.9 Å². The van der Waals surface area contributed by atoms with Crippen molar-refractivity contribution in [3.63, 3.8) is 0 Å². The second kappa shape index (κ2) is 4.59. The standard InChI is InChI=1S/C19H18N2/c1-13-11-14-7-3-4-9-16(14)18-19(21(2)12-20-18)17-10-6-5-8-15(13)17/h3-10,12-13H,11H2,1-2H3. The summed E-state index contributed by atoms with van der Waals surface area (Å²) in [5.74, 6) is 0.505. The van der Waals surface area contributed by atoms with E-state index in [0.29, 0.717) is 5.92 Å². The van der Waals surface area contributed by atoms with Gasteiger partial charge in [0.1, 0.15) is 0 Å². The lowest BCUT2D eigenvalue weighted by molar-refractivity contribution is 0.758. The zero-order valence-electron chi connectivity index (χ0n) is 12.4. The van der Waals surface area contributed by atoms with Crippen molar-refractivity contribution < 1.29 is 0 Å². The lowest BCUT2D eigenvalue weighted by Gasteiger charge is -2.22. The van der Waals surface area contributed by atoms with E-state index in [2.05, 4.69) is 72.1 Å². The van der Waals surface area contributed by atoms with Gasteiger partial charge in [-0.15, -0.1) is 0 Å². The van der Waals surface area contributed by atoms with E-state index in [0.717, 1.165) is 12.1 Å². The maximum absolute atomic E-state index is 4.69. The molecule has 104 valence electrons. The van der Waals surface area contributed by atoms with Gasteiger partial charge in [-0.05, 0) is 23.5 Å². The van der Waals surface area contributed by atoms with E-state index in [1.165, 1.54) is 27.9 Å². The molecule has 0 spiro atoms. The van der Waals surface area contributed by atoms with E-state index >= 15 is 0 Å². The zero-order chi connectivity index (χ0) is 14.4. The number of fused-ring (bicyclic) bond motifs is 5. The maximum atomic E-state index is 4.69. The summed E-state index contributed by atoms with van der Waals surface area (Å²) < 4.78 is 2.14. The molecule has 1 atom stereocenters. The molecule has 3 aromatic rings. The van der Waals surface area contributed by atoms with Crippen LogP contribution in [0.1, 0.15) is 24.0 Å². The van der Waals surface area contributed by atoms with Crippen LogP contribution in [0.3, 0.4) is 0 Å². The van der Waals surface area contributed by atoms with Crippen molar-refractivity contribution >= 4 is 0 Å². The molecule has 1 aromatic heterocycles. The smallest absolute Gasteiger partial charge is 0.0965 e. The van der Waals surface area contributed by atoms with Crippen LogP contribution in [-0.4, -0.2) is 9.55 Å². The fraction of sp³-hybridized carbons (Fsp3) is 0.211. The number of imidazole rings is 1. The Morgan fingerprint density at radius 3 is 2.57 bits per heavy atom. The molecule has 0 amide bonds. The Balaban J connectivity index is 2.11. The number of aromatic nitrogens is 2. The molecule has 0 N–H and O–H groups in total. The van der Waals surface area contributed by atoms with Crippen molar-refractivity contribution in [3.8, 4) is 22.5 Å². The first kappa shape index (κ1) is 12.4. The van der Waals surface area contributed by atoms with Gasteiger partial charge in [-0.25, -0.2) is 4.98 Å². The van der Waals surface area contributed by atoms with Gasteiger partial charge in [-0.2, -0.15) is 0 Å². The van der Waals surface area contributed by atoms with Gasteiger partial charge in [0.25, 0.3) is 0 Å². The fourth-order valence-corrected chi connectivity index (χ4v) is 3.46. The molecule has 0 bridgehead atoms. The van der Waals surface area contributed by atoms with Crippen LogP contribution < -0.4 is 0 Å². The number of nitrogens with zero attached hydrogens (tertiary/aromatic N) is 2. The first-order valence-electron chi connectivity index (χ1n) is 7.44. The molecule has 1 heterocycles. The number of hydrogen-bond donors (Lipinski definition) is 0. The van der Waals surface area contributed by atoms with Gasteiger partial charge < -0.3 is 4.57 Å². The molecule has 21 heavy (non-hydrogen) atoms. The molecule has 2 heteroatoms. The molecule has 0 radical (unpaired) electrons. The van der Waals surface area contributed by atoms with Crippen LogP contribution in [0, 0.1) is 0 Å². The van der Waals surface area contributed by atoms with Gasteiger partial charge in [0.05, 0.1) is 17.7 Å². The van der Waals surface area contributed by atoms with E-state index < -0.39 is 0 Å². The quantitative estimate of drug-likeness (QED) is 0.593. The van der Waals surface area contributed by atoms with Crippen LogP contribution in [0.4, 0.5) is 0 Å². The van der Waals surface area contributed by atoms with E-state index in [-0.39, 0.29) is 0 Å². The second-order valence-electron chi connectivity index (χ2n) is 5.90. The van der Waals surface area contributed by atoms with Gasteiger partial charge in [0.2, 0.25) is 0 Å². The minimum atomic E-state index is 0.505. The molecule has 1 unspecified atom stereocenters. The Bertz CT molecular complexity index is 814. The predicted molar refractivity (Wildman–Crippen MR) is 86.2 cm³/mol. The monoisotopic (exact) mass is 274 g/mol. The Labute approximate surface area is 125 Å². The van der Waals surface area contributed by atoms with Crippen LogP contribution in [0.2, 0.25) is 0 Å². The maximum Gasteiger partial charge on any atom is 0.0965 e. The molecular weight excluding hydrogens is 256 g/mol. The zero-order valence-corrected chi connectivity index (χ0v) is 12.4. The van der Waals surface area contributed by atoms with Crippen molar-refractivity contribution in [2.45, 2.75) is 19.3 Å². The van der Waals surface area contributed by atoms with Crippen molar-refractivity contribution in [2.24, 2.45) is 7.05 Å². The van der Waals surface area contributed by atoms with Crippen molar-refractivity contribution in [1.82, 2.24) is 9.55 Å². The summed E-state index contributed by atoms with van der Waals surface area (Å²) in [6.07, 6.45) is 2.98. The Kier molecular flexibility index (Phi) is 2.71. The lowest BCUT2D eigenvalue weighted by atomic mass is 9.83. The molecule has 0 saturated carbocycles. The summed E-state index contributed by atoms with van der Waals surface area (Å²) in [5.41, 5.74) is 7.72. The third-order valence-electron chi connectivity index (χ3n) is 4.48. The van der Waals surface area contributed by atoms with Gasteiger partial charge in [0, 0.05) is 18.2 Å².